The van der Waals surface area contributed by atoms with Gasteiger partial charge in [-0.15, -0.1) is 0 Å². The number of nitrogens with zero attached hydrogens (tertiary/aromatic N) is 1. The zero-order valence-corrected chi connectivity index (χ0v) is 11.3. The number of hydrogen-bond donors (Lipinski definition) is 2. The molecular formula is C14H21N3O2. The maximum Gasteiger partial charge on any atom is 0.233 e. The molecule has 1 aromatic carbocycles. The molecule has 1 aliphatic rings. The number of ether oxygens (including phenoxy) is 1. The number of methoxy groups -OCH3 is 1. The van der Waals surface area contributed by atoms with Crippen LogP contribution in [-0.4, -0.2) is 39.2 Å². The fourth-order valence-corrected chi connectivity index (χ4v) is 2.37. The zero-order valence-electron chi connectivity index (χ0n) is 11.3. The Labute approximate surface area is 113 Å². The van der Waals surface area contributed by atoms with Gasteiger partial charge in [0.05, 0.1) is 13.7 Å². The van der Waals surface area contributed by atoms with Crippen molar-refractivity contribution >= 4 is 11.6 Å². The lowest BCUT2D eigenvalue weighted by atomic mass is 10.1. The summed E-state index contributed by atoms with van der Waals surface area (Å²) in [7, 11) is 1.67. The van der Waals surface area contributed by atoms with Crippen molar-refractivity contribution in [1.29, 1.82) is 0 Å². The average Bonchev–Trinajstić information content (AvgIpc) is 2.93. The third-order valence-electron chi connectivity index (χ3n) is 3.48. The maximum atomic E-state index is 11.1. The van der Waals surface area contributed by atoms with Gasteiger partial charge in [0, 0.05) is 31.4 Å². The summed E-state index contributed by atoms with van der Waals surface area (Å²) < 4.78 is 5.24. The molecule has 1 saturated heterocycles. The van der Waals surface area contributed by atoms with Crippen molar-refractivity contribution < 1.29 is 9.53 Å². The largest absolute Gasteiger partial charge is 0.497 e. The molecule has 19 heavy (non-hydrogen) atoms. The van der Waals surface area contributed by atoms with Gasteiger partial charge in [0.25, 0.3) is 0 Å². The van der Waals surface area contributed by atoms with Gasteiger partial charge in [0.2, 0.25) is 5.91 Å². The van der Waals surface area contributed by atoms with Crippen LogP contribution in [-0.2, 0) is 4.79 Å². The van der Waals surface area contributed by atoms with Crippen molar-refractivity contribution in [2.45, 2.75) is 6.42 Å². The van der Waals surface area contributed by atoms with E-state index in [1.807, 2.05) is 18.2 Å². The number of amides is 1. The summed E-state index contributed by atoms with van der Waals surface area (Å²) in [6.45, 7) is 2.73. The number of nitrogens with two attached hydrogens (primary N) is 1. The lowest BCUT2D eigenvalue weighted by Gasteiger charge is -2.19. The molecule has 0 bridgehead atoms. The topological polar surface area (TPSA) is 67.6 Å². The second kappa shape index (κ2) is 6.43. The van der Waals surface area contributed by atoms with Crippen LogP contribution in [0.1, 0.15) is 6.42 Å². The van der Waals surface area contributed by atoms with Crippen molar-refractivity contribution in [3.05, 3.63) is 24.3 Å². The molecule has 1 unspecified atom stereocenters. The molecule has 1 amide bonds. The molecule has 1 fully saturated rings. The molecule has 2 rings (SSSR count). The number of benzene rings is 1. The van der Waals surface area contributed by atoms with Crippen LogP contribution in [0.15, 0.2) is 24.3 Å². The van der Waals surface area contributed by atoms with Crippen molar-refractivity contribution in [3.63, 3.8) is 0 Å². The van der Waals surface area contributed by atoms with Gasteiger partial charge >= 0.3 is 0 Å². The Balaban J connectivity index is 1.88. The predicted molar refractivity (Wildman–Crippen MR) is 75.4 cm³/mol. The average molecular weight is 263 g/mol. The molecule has 0 radical (unpaired) electrons. The summed E-state index contributed by atoms with van der Waals surface area (Å²) in [5, 5.41) is 2.85. The number of rotatable bonds is 5. The van der Waals surface area contributed by atoms with Crippen LogP contribution < -0.4 is 20.7 Å². The van der Waals surface area contributed by atoms with E-state index in [-0.39, 0.29) is 12.5 Å². The Morgan fingerprint density at radius 2 is 2.42 bits per heavy atom. The first-order valence-corrected chi connectivity index (χ1v) is 6.58. The lowest BCUT2D eigenvalue weighted by molar-refractivity contribution is -0.119. The Bertz CT molecular complexity index is 436. The number of carbonyl (C=O) groups is 1. The highest BCUT2D eigenvalue weighted by molar-refractivity contribution is 5.77. The molecule has 0 spiro atoms. The highest BCUT2D eigenvalue weighted by Gasteiger charge is 2.23. The molecule has 5 nitrogen and oxygen atoms in total. The van der Waals surface area contributed by atoms with Gasteiger partial charge in [-0.3, -0.25) is 4.79 Å². The van der Waals surface area contributed by atoms with Crippen molar-refractivity contribution in [3.8, 4) is 5.75 Å². The summed E-state index contributed by atoms with van der Waals surface area (Å²) in [5.41, 5.74) is 6.44. The van der Waals surface area contributed by atoms with Gasteiger partial charge in [-0.2, -0.15) is 0 Å². The first-order chi connectivity index (χ1) is 9.22. The van der Waals surface area contributed by atoms with Crippen LogP contribution in [0.2, 0.25) is 0 Å². The van der Waals surface area contributed by atoms with E-state index >= 15 is 0 Å². The minimum atomic E-state index is -0.0835. The van der Waals surface area contributed by atoms with Crippen LogP contribution in [0, 0.1) is 5.92 Å². The third kappa shape index (κ3) is 3.61. The Kier molecular flexibility index (Phi) is 4.63. The van der Waals surface area contributed by atoms with E-state index in [2.05, 4.69) is 16.3 Å². The van der Waals surface area contributed by atoms with Crippen LogP contribution >= 0.6 is 0 Å². The number of carbonyl (C=O) groups excluding carboxylic acids is 1. The Hall–Kier alpha value is -1.75. The van der Waals surface area contributed by atoms with Gasteiger partial charge in [-0.05, 0) is 24.5 Å². The molecule has 3 N–H and O–H groups in total. The van der Waals surface area contributed by atoms with Crippen LogP contribution in [0.4, 0.5) is 5.69 Å². The van der Waals surface area contributed by atoms with Gasteiger partial charge < -0.3 is 20.7 Å². The van der Waals surface area contributed by atoms with E-state index in [4.69, 9.17) is 10.5 Å². The van der Waals surface area contributed by atoms with E-state index < -0.39 is 0 Å². The smallest absolute Gasteiger partial charge is 0.233 e. The number of anilines is 1. The van der Waals surface area contributed by atoms with E-state index in [1.165, 1.54) is 5.69 Å². The fraction of sp³-hybridized carbons (Fsp3) is 0.500. The highest BCUT2D eigenvalue weighted by atomic mass is 16.5. The molecule has 1 aliphatic heterocycles. The summed E-state index contributed by atoms with van der Waals surface area (Å²) >= 11 is 0. The summed E-state index contributed by atoms with van der Waals surface area (Å²) in [5.74, 6) is 1.28. The minimum Gasteiger partial charge on any atom is -0.497 e. The molecule has 104 valence electrons. The number of nitrogens with one attached hydrogen (secondary N) is 1. The van der Waals surface area contributed by atoms with Crippen LogP contribution in [0.5, 0.6) is 5.75 Å². The molecule has 0 saturated carbocycles. The molecular weight excluding hydrogens is 242 g/mol. The second-order valence-corrected chi connectivity index (χ2v) is 4.81. The Morgan fingerprint density at radius 3 is 3.16 bits per heavy atom. The highest BCUT2D eigenvalue weighted by Crippen LogP contribution is 2.26. The fourth-order valence-electron chi connectivity index (χ4n) is 2.37. The van der Waals surface area contributed by atoms with Gasteiger partial charge in [-0.25, -0.2) is 0 Å². The van der Waals surface area contributed by atoms with Crippen molar-refractivity contribution in [2.24, 2.45) is 11.7 Å². The standard InChI is InChI=1S/C14H21N3O2/c1-19-13-4-2-3-12(7-13)17-6-5-11(10-17)9-16-14(18)8-15/h2-4,7,11H,5-6,8-10,15H2,1H3,(H,16,18). The van der Waals surface area contributed by atoms with E-state index in [1.54, 1.807) is 7.11 Å². The molecule has 1 heterocycles. The maximum absolute atomic E-state index is 11.1. The molecule has 1 aromatic rings. The van der Waals surface area contributed by atoms with Crippen LogP contribution in [0.25, 0.3) is 0 Å². The summed E-state index contributed by atoms with van der Waals surface area (Å²) in [6.07, 6.45) is 1.09. The summed E-state index contributed by atoms with van der Waals surface area (Å²) in [6, 6.07) is 8.07. The first kappa shape index (κ1) is 13.7. The van der Waals surface area contributed by atoms with E-state index in [0.717, 1.165) is 25.3 Å². The molecule has 0 aromatic heterocycles. The predicted octanol–water partition coefficient (Wildman–Crippen LogP) is 0.596. The normalized spacial score (nSPS) is 18.4. The van der Waals surface area contributed by atoms with Gasteiger partial charge in [0.15, 0.2) is 0 Å². The SMILES string of the molecule is COc1cccc(N2CCC(CNC(=O)CN)C2)c1. The third-order valence-corrected chi connectivity index (χ3v) is 3.48. The monoisotopic (exact) mass is 263 g/mol. The van der Waals surface area contributed by atoms with Crippen molar-refractivity contribution in [1.82, 2.24) is 5.32 Å². The molecule has 5 heteroatoms. The molecule has 0 aliphatic carbocycles. The first-order valence-electron chi connectivity index (χ1n) is 6.58. The van der Waals surface area contributed by atoms with Gasteiger partial charge in [0.1, 0.15) is 5.75 Å². The van der Waals surface area contributed by atoms with Crippen LogP contribution in [0.3, 0.4) is 0 Å². The Morgan fingerprint density at radius 1 is 1.58 bits per heavy atom. The minimum absolute atomic E-state index is 0.0618. The molecule has 1 atom stereocenters. The lowest BCUT2D eigenvalue weighted by Crippen LogP contribution is -2.35. The van der Waals surface area contributed by atoms with Gasteiger partial charge in [-0.1, -0.05) is 6.07 Å². The quantitative estimate of drug-likeness (QED) is 0.816. The zero-order chi connectivity index (χ0) is 13.7. The number of hydrogen-bond acceptors (Lipinski definition) is 4. The van der Waals surface area contributed by atoms with Crippen molar-refractivity contribution in [2.75, 3.05) is 38.2 Å². The summed E-state index contributed by atoms with van der Waals surface area (Å²) in [4.78, 5) is 13.5. The second-order valence-electron chi connectivity index (χ2n) is 4.81. The van der Waals surface area contributed by atoms with E-state index in [0.29, 0.717) is 12.5 Å². The van der Waals surface area contributed by atoms with E-state index in [9.17, 15) is 4.79 Å².